The van der Waals surface area contributed by atoms with Crippen LogP contribution in [0, 0.1) is 5.41 Å². The van der Waals surface area contributed by atoms with Crippen molar-refractivity contribution < 1.29 is 4.74 Å². The summed E-state index contributed by atoms with van der Waals surface area (Å²) in [5, 5.41) is 10.8. The van der Waals surface area contributed by atoms with Crippen LogP contribution in [-0.4, -0.2) is 52.4 Å². The molecule has 1 saturated carbocycles. The normalized spacial score (nSPS) is 21.2. The van der Waals surface area contributed by atoms with E-state index in [1.54, 1.807) is 7.11 Å². The molecule has 1 aromatic rings. The second kappa shape index (κ2) is 9.60. The second-order valence-electron chi connectivity index (χ2n) is 7.73. The zero-order chi connectivity index (χ0) is 18.2. The van der Waals surface area contributed by atoms with Gasteiger partial charge in [-0.05, 0) is 55.0 Å². The van der Waals surface area contributed by atoms with E-state index in [1.165, 1.54) is 30.7 Å². The van der Waals surface area contributed by atoms with E-state index in [1.807, 2.05) is 18.4 Å². The molecule has 1 aliphatic carbocycles. The van der Waals surface area contributed by atoms with Gasteiger partial charge in [-0.15, -0.1) is 11.3 Å². The van der Waals surface area contributed by atoms with Gasteiger partial charge >= 0.3 is 0 Å². The van der Waals surface area contributed by atoms with Gasteiger partial charge in [-0.1, -0.05) is 12.8 Å². The first-order chi connectivity index (χ1) is 12.7. The van der Waals surface area contributed by atoms with Crippen LogP contribution in [-0.2, 0) is 4.74 Å². The average molecular weight is 379 g/mol. The molecule has 0 amide bonds. The predicted molar refractivity (Wildman–Crippen MR) is 111 cm³/mol. The van der Waals surface area contributed by atoms with Crippen molar-refractivity contribution in [3.05, 3.63) is 17.5 Å². The van der Waals surface area contributed by atoms with Gasteiger partial charge in [-0.3, -0.25) is 4.99 Å². The Bertz CT molecular complexity index is 546. The minimum atomic E-state index is 0.385. The van der Waals surface area contributed by atoms with E-state index < -0.39 is 0 Å². The fraction of sp³-hybridized carbons (Fsp3) is 0.750. The number of nitrogens with one attached hydrogen (secondary N) is 2. The Hall–Kier alpha value is -1.27. The summed E-state index contributed by atoms with van der Waals surface area (Å²) >= 11 is 1.84. The van der Waals surface area contributed by atoms with Gasteiger partial charge in [0.15, 0.2) is 5.96 Å². The molecule has 0 unspecified atom stereocenters. The molecule has 2 fully saturated rings. The molecule has 1 aromatic heterocycles. The maximum atomic E-state index is 5.35. The first-order valence-electron chi connectivity index (χ1n) is 9.99. The number of piperidine rings is 1. The Kier molecular flexibility index (Phi) is 7.20. The van der Waals surface area contributed by atoms with Crippen molar-refractivity contribution in [1.82, 2.24) is 10.6 Å². The van der Waals surface area contributed by atoms with Crippen LogP contribution in [0.4, 0.5) is 5.00 Å². The van der Waals surface area contributed by atoms with E-state index in [-0.39, 0.29) is 0 Å². The lowest BCUT2D eigenvalue weighted by Gasteiger charge is -2.34. The number of thiophene rings is 1. The molecule has 1 saturated heterocycles. The van der Waals surface area contributed by atoms with Gasteiger partial charge in [0.05, 0.1) is 5.00 Å². The number of hydrogen-bond donors (Lipinski definition) is 2. The van der Waals surface area contributed by atoms with Crippen LogP contribution in [0.15, 0.2) is 22.5 Å². The number of guanidine groups is 1. The lowest BCUT2D eigenvalue weighted by molar-refractivity contribution is 0.138. The van der Waals surface area contributed by atoms with Crippen molar-refractivity contribution in [2.75, 3.05) is 45.3 Å². The zero-order valence-corrected chi connectivity index (χ0v) is 17.1. The predicted octanol–water partition coefficient (Wildman–Crippen LogP) is 3.48. The van der Waals surface area contributed by atoms with Crippen LogP contribution in [0.25, 0.3) is 0 Å². The minimum Gasteiger partial charge on any atom is -0.385 e. The number of hydrogen-bond acceptors (Lipinski definition) is 4. The van der Waals surface area contributed by atoms with Gasteiger partial charge in [0.1, 0.15) is 0 Å². The fourth-order valence-corrected chi connectivity index (χ4v) is 5.10. The molecule has 0 bridgehead atoms. The largest absolute Gasteiger partial charge is 0.385 e. The van der Waals surface area contributed by atoms with E-state index in [9.17, 15) is 0 Å². The van der Waals surface area contributed by atoms with Crippen molar-refractivity contribution in [2.24, 2.45) is 10.4 Å². The summed E-state index contributed by atoms with van der Waals surface area (Å²) in [6.07, 6.45) is 8.77. The molecule has 3 rings (SSSR count). The number of rotatable bonds is 7. The fourth-order valence-electron chi connectivity index (χ4n) is 4.31. The third kappa shape index (κ3) is 5.13. The van der Waals surface area contributed by atoms with Crippen LogP contribution in [0.2, 0.25) is 0 Å². The second-order valence-corrected chi connectivity index (χ2v) is 8.66. The lowest BCUT2D eigenvalue weighted by Crippen LogP contribution is -2.50. The number of anilines is 1. The molecule has 1 aliphatic heterocycles. The van der Waals surface area contributed by atoms with Gasteiger partial charge in [-0.25, -0.2) is 0 Å². The molecule has 0 radical (unpaired) electrons. The van der Waals surface area contributed by atoms with E-state index >= 15 is 0 Å². The molecule has 26 heavy (non-hydrogen) atoms. The maximum Gasteiger partial charge on any atom is 0.191 e. The van der Waals surface area contributed by atoms with Crippen molar-refractivity contribution in [1.29, 1.82) is 0 Å². The van der Waals surface area contributed by atoms with E-state index in [0.29, 0.717) is 11.5 Å². The molecule has 146 valence electrons. The van der Waals surface area contributed by atoms with Crippen molar-refractivity contribution in [2.45, 2.75) is 51.0 Å². The Morgan fingerprint density at radius 2 is 2.12 bits per heavy atom. The van der Waals surface area contributed by atoms with Gasteiger partial charge in [-0.2, -0.15) is 0 Å². The third-order valence-electron chi connectivity index (χ3n) is 6.01. The molecule has 2 heterocycles. The summed E-state index contributed by atoms with van der Waals surface area (Å²) in [4.78, 5) is 6.97. The Labute approximate surface area is 162 Å². The minimum absolute atomic E-state index is 0.385. The maximum absolute atomic E-state index is 5.35. The van der Waals surface area contributed by atoms with Gasteiger partial charge in [0.2, 0.25) is 0 Å². The Morgan fingerprint density at radius 1 is 1.35 bits per heavy atom. The lowest BCUT2D eigenvalue weighted by atomic mass is 9.83. The number of nitrogens with zero attached hydrogens (tertiary/aromatic N) is 2. The highest BCUT2D eigenvalue weighted by Gasteiger charge is 2.33. The van der Waals surface area contributed by atoms with Gasteiger partial charge in [0, 0.05) is 46.4 Å². The van der Waals surface area contributed by atoms with E-state index in [0.717, 1.165) is 51.5 Å². The number of methoxy groups -OCH3 is 1. The number of ether oxygens (including phenoxy) is 1. The van der Waals surface area contributed by atoms with Crippen LogP contribution in [0.3, 0.4) is 0 Å². The molecule has 0 aromatic carbocycles. The summed E-state index contributed by atoms with van der Waals surface area (Å²) in [6.45, 7) is 4.10. The summed E-state index contributed by atoms with van der Waals surface area (Å²) in [5.41, 5.74) is 0.385. The van der Waals surface area contributed by atoms with Crippen molar-refractivity contribution >= 4 is 22.3 Å². The smallest absolute Gasteiger partial charge is 0.191 e. The Balaban J connectivity index is 1.45. The molecule has 2 N–H and O–H groups in total. The first-order valence-corrected chi connectivity index (χ1v) is 10.9. The topological polar surface area (TPSA) is 48.9 Å². The van der Waals surface area contributed by atoms with Crippen molar-refractivity contribution in [3.63, 3.8) is 0 Å². The summed E-state index contributed by atoms with van der Waals surface area (Å²) in [5.74, 6) is 0.961. The zero-order valence-electron chi connectivity index (χ0n) is 16.3. The molecule has 2 aliphatic rings. The summed E-state index contributed by atoms with van der Waals surface area (Å²) in [7, 11) is 3.69. The van der Waals surface area contributed by atoms with Gasteiger partial charge < -0.3 is 20.3 Å². The average Bonchev–Trinajstić information content (AvgIpc) is 3.37. The molecule has 5 nitrogen and oxygen atoms in total. The Morgan fingerprint density at radius 3 is 2.73 bits per heavy atom. The van der Waals surface area contributed by atoms with Crippen LogP contribution >= 0.6 is 11.3 Å². The molecular formula is C20H34N4OS. The third-order valence-corrected chi connectivity index (χ3v) is 6.94. The van der Waals surface area contributed by atoms with Crippen LogP contribution < -0.4 is 15.5 Å². The highest BCUT2D eigenvalue weighted by Crippen LogP contribution is 2.40. The van der Waals surface area contributed by atoms with E-state index in [4.69, 9.17) is 4.74 Å². The number of aliphatic imine (C=N–C) groups is 1. The van der Waals surface area contributed by atoms with E-state index in [2.05, 4.69) is 38.0 Å². The first kappa shape index (κ1) is 19.5. The highest BCUT2D eigenvalue weighted by atomic mass is 32.1. The van der Waals surface area contributed by atoms with Crippen LogP contribution in [0.5, 0.6) is 0 Å². The monoisotopic (exact) mass is 378 g/mol. The standard InChI is InChI=1S/C20H34N4OS/c1-21-19(22-16-20(11-14-25-2)9-3-4-10-20)23-17-7-12-24(13-8-17)18-6-5-15-26-18/h5-6,15,17H,3-4,7-14,16H2,1-2H3,(H2,21,22,23). The molecule has 0 spiro atoms. The summed E-state index contributed by atoms with van der Waals surface area (Å²) < 4.78 is 5.35. The highest BCUT2D eigenvalue weighted by molar-refractivity contribution is 7.14. The molecular weight excluding hydrogens is 344 g/mol. The molecule has 6 heteroatoms. The van der Waals surface area contributed by atoms with Crippen LogP contribution in [0.1, 0.15) is 44.9 Å². The van der Waals surface area contributed by atoms with Gasteiger partial charge in [0.25, 0.3) is 0 Å². The summed E-state index contributed by atoms with van der Waals surface area (Å²) in [6, 6.07) is 4.87. The molecule has 0 atom stereocenters. The SMILES string of the molecule is CN=C(NCC1(CCOC)CCCC1)NC1CCN(c2cccs2)CC1. The quantitative estimate of drug-likeness (QED) is 0.563. The van der Waals surface area contributed by atoms with Crippen molar-refractivity contribution in [3.8, 4) is 0 Å².